The number of benzene rings is 2. The maximum atomic E-state index is 13.0. The van der Waals surface area contributed by atoms with Gasteiger partial charge in [-0.15, -0.1) is 0 Å². The third-order valence-electron chi connectivity index (χ3n) is 3.60. The van der Waals surface area contributed by atoms with Crippen molar-refractivity contribution >= 4 is 28.6 Å². The van der Waals surface area contributed by atoms with Crippen molar-refractivity contribution in [3.8, 4) is 5.69 Å². The van der Waals surface area contributed by atoms with E-state index in [0.717, 1.165) is 5.69 Å². The number of carbonyl (C=O) groups is 1. The molecule has 0 saturated carbocycles. The number of para-hydroxylation sites is 2. The molecule has 1 heterocycles. The van der Waals surface area contributed by atoms with Crippen LogP contribution in [0.1, 0.15) is 13.3 Å². The van der Waals surface area contributed by atoms with Gasteiger partial charge in [-0.1, -0.05) is 42.1 Å². The summed E-state index contributed by atoms with van der Waals surface area (Å²) in [5.41, 5.74) is 1.29. The fraction of sp³-hybridized carbons (Fsp3) is 0.211. The summed E-state index contributed by atoms with van der Waals surface area (Å²) in [6.45, 7) is 2.15. The van der Waals surface area contributed by atoms with Crippen LogP contribution in [0.5, 0.6) is 0 Å². The smallest absolute Gasteiger partial charge is 0.306 e. The number of rotatable bonds is 6. The molecule has 3 rings (SSSR count). The lowest BCUT2D eigenvalue weighted by atomic mass is 10.2. The molecule has 1 aromatic heterocycles. The van der Waals surface area contributed by atoms with Gasteiger partial charge in [0.25, 0.3) is 5.56 Å². The summed E-state index contributed by atoms with van der Waals surface area (Å²) < 4.78 is 6.54. The first-order valence-electron chi connectivity index (χ1n) is 8.06. The average Bonchev–Trinajstić information content (AvgIpc) is 2.63. The molecule has 3 aromatic rings. The number of fused-ring (bicyclic) bond motifs is 1. The molecule has 25 heavy (non-hydrogen) atoms. The van der Waals surface area contributed by atoms with Crippen molar-refractivity contribution in [2.75, 3.05) is 12.4 Å². The van der Waals surface area contributed by atoms with E-state index in [1.54, 1.807) is 17.6 Å². The van der Waals surface area contributed by atoms with Crippen molar-refractivity contribution in [2.45, 2.75) is 18.5 Å². The lowest BCUT2D eigenvalue weighted by Gasteiger charge is -2.13. The molecule has 0 aliphatic carbocycles. The van der Waals surface area contributed by atoms with E-state index in [-0.39, 0.29) is 17.9 Å². The van der Waals surface area contributed by atoms with Gasteiger partial charge in [0.1, 0.15) is 0 Å². The molecule has 0 bridgehead atoms. The Morgan fingerprint density at radius 2 is 1.84 bits per heavy atom. The normalized spacial score (nSPS) is 10.8. The molecule has 6 heteroatoms. The number of esters is 1. The fourth-order valence-electron chi connectivity index (χ4n) is 2.47. The van der Waals surface area contributed by atoms with Gasteiger partial charge in [-0.3, -0.25) is 14.2 Å². The fourth-order valence-corrected chi connectivity index (χ4v) is 3.40. The third-order valence-corrected chi connectivity index (χ3v) is 4.54. The SMILES string of the molecule is CCOC(=O)CCSc1nc2ccccc2c(=O)n1-c1ccccc1. The molecule has 0 aliphatic rings. The van der Waals surface area contributed by atoms with Crippen molar-refractivity contribution in [2.24, 2.45) is 0 Å². The molecule has 2 aromatic carbocycles. The van der Waals surface area contributed by atoms with E-state index in [0.29, 0.717) is 28.4 Å². The van der Waals surface area contributed by atoms with E-state index in [1.165, 1.54) is 11.8 Å². The highest BCUT2D eigenvalue weighted by atomic mass is 32.2. The van der Waals surface area contributed by atoms with Crippen LogP contribution in [0.4, 0.5) is 0 Å². The minimum Gasteiger partial charge on any atom is -0.466 e. The summed E-state index contributed by atoms with van der Waals surface area (Å²) >= 11 is 1.38. The lowest BCUT2D eigenvalue weighted by Crippen LogP contribution is -2.21. The van der Waals surface area contributed by atoms with Crippen LogP contribution >= 0.6 is 11.8 Å². The summed E-state index contributed by atoms with van der Waals surface area (Å²) in [6, 6.07) is 16.7. The molecule has 0 N–H and O–H groups in total. The Kier molecular flexibility index (Phi) is 5.50. The summed E-state index contributed by atoms with van der Waals surface area (Å²) in [5.74, 6) is 0.251. The van der Waals surface area contributed by atoms with E-state index in [4.69, 9.17) is 4.74 Å². The topological polar surface area (TPSA) is 61.2 Å². The minimum atomic E-state index is -0.246. The number of hydrogen-bond donors (Lipinski definition) is 0. The quantitative estimate of drug-likeness (QED) is 0.386. The summed E-state index contributed by atoms with van der Waals surface area (Å²) in [5, 5.41) is 1.14. The van der Waals surface area contributed by atoms with Crippen LogP contribution in [-0.2, 0) is 9.53 Å². The van der Waals surface area contributed by atoms with Crippen LogP contribution in [0.25, 0.3) is 16.6 Å². The third kappa shape index (κ3) is 3.91. The Bertz CT molecular complexity index is 938. The maximum Gasteiger partial charge on any atom is 0.306 e. The molecule has 0 radical (unpaired) electrons. The van der Waals surface area contributed by atoms with Gasteiger partial charge in [-0.05, 0) is 31.2 Å². The second-order valence-electron chi connectivity index (χ2n) is 5.29. The molecular weight excluding hydrogens is 336 g/mol. The number of carbonyl (C=O) groups excluding carboxylic acids is 1. The average molecular weight is 354 g/mol. The highest BCUT2D eigenvalue weighted by Gasteiger charge is 2.13. The van der Waals surface area contributed by atoms with Crippen LogP contribution in [0.3, 0.4) is 0 Å². The van der Waals surface area contributed by atoms with Gasteiger partial charge in [-0.2, -0.15) is 0 Å². The Labute approximate surface area is 149 Å². The predicted octanol–water partition coefficient (Wildman–Crippen LogP) is 3.43. The first kappa shape index (κ1) is 17.2. The maximum absolute atomic E-state index is 13.0. The van der Waals surface area contributed by atoms with Crippen LogP contribution in [0, 0.1) is 0 Å². The van der Waals surface area contributed by atoms with Crippen molar-refractivity contribution in [3.63, 3.8) is 0 Å². The van der Waals surface area contributed by atoms with E-state index < -0.39 is 0 Å². The van der Waals surface area contributed by atoms with Gasteiger partial charge in [0.2, 0.25) is 0 Å². The number of thioether (sulfide) groups is 1. The van der Waals surface area contributed by atoms with Crippen molar-refractivity contribution < 1.29 is 9.53 Å². The number of nitrogens with zero attached hydrogens (tertiary/aromatic N) is 2. The summed E-state index contributed by atoms with van der Waals surface area (Å²) in [6.07, 6.45) is 0.274. The van der Waals surface area contributed by atoms with Crippen molar-refractivity contribution in [1.82, 2.24) is 9.55 Å². The molecule has 0 saturated heterocycles. The lowest BCUT2D eigenvalue weighted by molar-refractivity contribution is -0.142. The highest BCUT2D eigenvalue weighted by molar-refractivity contribution is 7.99. The molecule has 0 aliphatic heterocycles. The zero-order chi connectivity index (χ0) is 17.6. The van der Waals surface area contributed by atoms with Crippen molar-refractivity contribution in [1.29, 1.82) is 0 Å². The first-order valence-corrected chi connectivity index (χ1v) is 9.05. The van der Waals surface area contributed by atoms with E-state index in [9.17, 15) is 9.59 Å². The zero-order valence-electron chi connectivity index (χ0n) is 13.8. The second-order valence-corrected chi connectivity index (χ2v) is 6.35. The van der Waals surface area contributed by atoms with Gasteiger partial charge in [0, 0.05) is 5.75 Å². The predicted molar refractivity (Wildman–Crippen MR) is 99.3 cm³/mol. The van der Waals surface area contributed by atoms with Crippen LogP contribution in [0.2, 0.25) is 0 Å². The zero-order valence-corrected chi connectivity index (χ0v) is 14.7. The van der Waals surface area contributed by atoms with Gasteiger partial charge in [0.15, 0.2) is 5.16 Å². The van der Waals surface area contributed by atoms with Gasteiger partial charge in [-0.25, -0.2) is 4.98 Å². The van der Waals surface area contributed by atoms with Crippen molar-refractivity contribution in [3.05, 3.63) is 65.0 Å². The molecule has 0 spiro atoms. The monoisotopic (exact) mass is 354 g/mol. The molecule has 128 valence electrons. The van der Waals surface area contributed by atoms with E-state index in [1.807, 2.05) is 48.5 Å². The van der Waals surface area contributed by atoms with Crippen LogP contribution < -0.4 is 5.56 Å². The number of aromatic nitrogens is 2. The molecule has 0 unspecified atom stereocenters. The summed E-state index contributed by atoms with van der Waals surface area (Å²) in [7, 11) is 0. The van der Waals surface area contributed by atoms with Gasteiger partial charge in [0.05, 0.1) is 29.6 Å². The van der Waals surface area contributed by atoms with E-state index in [2.05, 4.69) is 4.98 Å². The molecule has 0 amide bonds. The minimum absolute atomic E-state index is 0.115. The Morgan fingerprint density at radius 1 is 1.12 bits per heavy atom. The number of hydrogen-bond acceptors (Lipinski definition) is 5. The second kappa shape index (κ2) is 7.98. The standard InChI is InChI=1S/C19H18N2O3S/c1-2-24-17(22)12-13-25-19-20-16-11-7-6-10-15(16)18(23)21(19)14-8-4-3-5-9-14/h3-11H,2,12-13H2,1H3. The molecule has 5 nitrogen and oxygen atoms in total. The Morgan fingerprint density at radius 3 is 2.60 bits per heavy atom. The highest BCUT2D eigenvalue weighted by Crippen LogP contribution is 2.21. The largest absolute Gasteiger partial charge is 0.466 e. The Hall–Kier alpha value is -2.60. The summed E-state index contributed by atoms with van der Waals surface area (Å²) in [4.78, 5) is 29.1. The van der Waals surface area contributed by atoms with E-state index >= 15 is 0 Å². The van der Waals surface area contributed by atoms with Crippen LogP contribution in [0.15, 0.2) is 64.5 Å². The molecule has 0 atom stereocenters. The van der Waals surface area contributed by atoms with Gasteiger partial charge < -0.3 is 4.74 Å². The molecular formula is C19H18N2O3S. The van der Waals surface area contributed by atoms with Crippen LogP contribution in [-0.4, -0.2) is 27.9 Å². The number of ether oxygens (including phenoxy) is 1. The first-order chi connectivity index (χ1) is 12.2. The molecule has 0 fully saturated rings. The Balaban J connectivity index is 2.00. The van der Waals surface area contributed by atoms with Gasteiger partial charge >= 0.3 is 5.97 Å².